The van der Waals surface area contributed by atoms with Crippen LogP contribution in [0, 0.1) is 10.1 Å². The van der Waals surface area contributed by atoms with Crippen molar-refractivity contribution in [1.82, 2.24) is 4.90 Å². The highest BCUT2D eigenvalue weighted by molar-refractivity contribution is 7.91. The lowest BCUT2D eigenvalue weighted by Crippen LogP contribution is -2.37. The fourth-order valence-corrected chi connectivity index (χ4v) is 5.25. The molecular weight excluding hydrogens is 346 g/mol. The Morgan fingerprint density at radius 2 is 2.00 bits per heavy atom. The molecule has 0 spiro atoms. The van der Waals surface area contributed by atoms with Crippen molar-refractivity contribution in [3.63, 3.8) is 0 Å². The Balaban J connectivity index is 1.85. The fraction of sp³-hybridized carbons (Fsp3) is 0.562. The van der Waals surface area contributed by atoms with E-state index < -0.39 is 20.7 Å². The number of nitro benzene ring substituents is 1. The predicted octanol–water partition coefficient (Wildman–Crippen LogP) is 1.45. The summed E-state index contributed by atoms with van der Waals surface area (Å²) in [6.45, 7) is 1.54. The minimum Gasteiger partial charge on any atom is -0.366 e. The van der Waals surface area contributed by atoms with Gasteiger partial charge in [0.15, 0.2) is 9.84 Å². The van der Waals surface area contributed by atoms with Crippen molar-refractivity contribution in [3.05, 3.63) is 33.9 Å². The molecule has 0 saturated carbocycles. The lowest BCUT2D eigenvalue weighted by Gasteiger charge is -2.24. The van der Waals surface area contributed by atoms with E-state index in [4.69, 9.17) is 0 Å². The molecule has 2 saturated heterocycles. The first-order valence-electron chi connectivity index (χ1n) is 8.29. The van der Waals surface area contributed by atoms with Gasteiger partial charge in [-0.05, 0) is 31.4 Å². The second kappa shape index (κ2) is 6.62. The third kappa shape index (κ3) is 3.60. The first-order chi connectivity index (χ1) is 11.8. The molecule has 0 unspecified atom stereocenters. The van der Waals surface area contributed by atoms with Gasteiger partial charge in [0.25, 0.3) is 11.6 Å². The molecule has 1 amide bonds. The second-order valence-corrected chi connectivity index (χ2v) is 8.86. The Morgan fingerprint density at radius 3 is 2.56 bits per heavy atom. The molecule has 3 rings (SSSR count). The van der Waals surface area contributed by atoms with Crippen molar-refractivity contribution in [2.45, 2.75) is 25.3 Å². The summed E-state index contributed by atoms with van der Waals surface area (Å²) in [4.78, 5) is 27.0. The molecule has 0 bridgehead atoms. The number of hydrogen-bond acceptors (Lipinski definition) is 6. The Morgan fingerprint density at radius 1 is 1.32 bits per heavy atom. The molecule has 8 nitrogen and oxygen atoms in total. The van der Waals surface area contributed by atoms with Crippen LogP contribution in [0.1, 0.15) is 29.6 Å². The van der Waals surface area contributed by atoms with E-state index >= 15 is 0 Å². The molecule has 1 aromatic carbocycles. The molecule has 2 aliphatic rings. The second-order valence-electron chi connectivity index (χ2n) is 6.63. The number of amides is 1. The highest BCUT2D eigenvalue weighted by atomic mass is 32.2. The van der Waals surface area contributed by atoms with E-state index in [1.54, 1.807) is 19.2 Å². The van der Waals surface area contributed by atoms with Gasteiger partial charge < -0.3 is 9.80 Å². The summed E-state index contributed by atoms with van der Waals surface area (Å²) in [5, 5.41) is 11.4. The quantitative estimate of drug-likeness (QED) is 0.590. The van der Waals surface area contributed by atoms with Crippen LogP contribution in [0.4, 0.5) is 11.4 Å². The maximum atomic E-state index is 12.6. The summed E-state index contributed by atoms with van der Waals surface area (Å²) in [5.41, 5.74) is 0.659. The molecule has 1 atom stereocenters. The minimum absolute atomic E-state index is 0.0524. The van der Waals surface area contributed by atoms with Gasteiger partial charge >= 0.3 is 0 Å². The minimum atomic E-state index is -3.10. The van der Waals surface area contributed by atoms with Crippen molar-refractivity contribution in [2.24, 2.45) is 0 Å². The highest BCUT2D eigenvalue weighted by Gasteiger charge is 2.33. The van der Waals surface area contributed by atoms with Gasteiger partial charge in [-0.25, -0.2) is 8.42 Å². The van der Waals surface area contributed by atoms with Gasteiger partial charge in [0.05, 0.1) is 16.4 Å². The van der Waals surface area contributed by atoms with Crippen LogP contribution >= 0.6 is 0 Å². The van der Waals surface area contributed by atoms with Gasteiger partial charge in [-0.15, -0.1) is 0 Å². The molecule has 0 N–H and O–H groups in total. The lowest BCUT2D eigenvalue weighted by atomic mass is 10.1. The zero-order valence-electron chi connectivity index (χ0n) is 14.1. The predicted molar refractivity (Wildman–Crippen MR) is 93.7 cm³/mol. The monoisotopic (exact) mass is 367 g/mol. The Labute approximate surface area is 146 Å². The number of benzene rings is 1. The van der Waals surface area contributed by atoms with Gasteiger partial charge in [-0.3, -0.25) is 14.9 Å². The fourth-order valence-electron chi connectivity index (χ4n) is 3.48. The first-order valence-corrected chi connectivity index (χ1v) is 10.1. The first kappa shape index (κ1) is 17.7. The molecule has 9 heteroatoms. The molecular formula is C16H21N3O5S. The topological polar surface area (TPSA) is 101 Å². The number of sulfone groups is 1. The number of nitrogens with zero attached hydrogens (tertiary/aromatic N) is 3. The Bertz CT molecular complexity index is 802. The van der Waals surface area contributed by atoms with E-state index in [0.717, 1.165) is 25.9 Å². The van der Waals surface area contributed by atoms with Crippen LogP contribution in [0.5, 0.6) is 0 Å². The third-order valence-corrected chi connectivity index (χ3v) is 6.69. The van der Waals surface area contributed by atoms with Crippen molar-refractivity contribution >= 4 is 27.1 Å². The Kier molecular flexibility index (Phi) is 4.68. The van der Waals surface area contributed by atoms with Crippen molar-refractivity contribution in [1.29, 1.82) is 0 Å². The zero-order valence-corrected chi connectivity index (χ0v) is 14.9. The van der Waals surface area contributed by atoms with Crippen molar-refractivity contribution in [3.8, 4) is 0 Å². The molecule has 2 heterocycles. The SMILES string of the molecule is CN(C(=O)c1ccc(N2CCCC2)c([N+](=O)[O-])c1)[C@H]1CCS(=O)(=O)C1. The summed E-state index contributed by atoms with van der Waals surface area (Å²) < 4.78 is 23.2. The van der Waals surface area contributed by atoms with Gasteiger partial charge in [-0.2, -0.15) is 0 Å². The van der Waals surface area contributed by atoms with Crippen LogP contribution in [0.3, 0.4) is 0 Å². The number of rotatable bonds is 4. The molecule has 0 radical (unpaired) electrons. The van der Waals surface area contributed by atoms with Gasteiger partial charge in [-0.1, -0.05) is 0 Å². The van der Waals surface area contributed by atoms with E-state index in [1.807, 2.05) is 4.90 Å². The number of nitro groups is 1. The van der Waals surface area contributed by atoms with E-state index in [-0.39, 0.29) is 28.8 Å². The number of anilines is 1. The molecule has 136 valence electrons. The van der Waals surface area contributed by atoms with E-state index in [0.29, 0.717) is 12.1 Å². The zero-order chi connectivity index (χ0) is 18.2. The smallest absolute Gasteiger partial charge is 0.293 e. The number of carbonyl (C=O) groups excluding carboxylic acids is 1. The average molecular weight is 367 g/mol. The average Bonchev–Trinajstić information content (AvgIpc) is 3.22. The highest BCUT2D eigenvalue weighted by Crippen LogP contribution is 2.32. The van der Waals surface area contributed by atoms with Crippen LogP contribution in [0.15, 0.2) is 18.2 Å². The van der Waals surface area contributed by atoms with Crippen LogP contribution in [-0.4, -0.2) is 61.8 Å². The molecule has 25 heavy (non-hydrogen) atoms. The number of hydrogen-bond donors (Lipinski definition) is 0. The summed E-state index contributed by atoms with van der Waals surface area (Å²) in [6.07, 6.45) is 2.39. The third-order valence-electron chi connectivity index (χ3n) is 4.94. The molecule has 2 fully saturated rings. The van der Waals surface area contributed by atoms with E-state index in [2.05, 4.69) is 0 Å². The van der Waals surface area contributed by atoms with E-state index in [1.165, 1.54) is 11.0 Å². The standard InChI is InChI=1S/C16H21N3O5S/c1-17(13-6-9-25(23,24)11-13)16(20)12-4-5-14(15(10-12)19(21)22)18-7-2-3-8-18/h4-5,10,13H,2-3,6-9,11H2,1H3/t13-/m0/s1. The van der Waals surface area contributed by atoms with E-state index in [9.17, 15) is 23.3 Å². The van der Waals surface area contributed by atoms with Crippen LogP contribution in [0.2, 0.25) is 0 Å². The summed E-state index contributed by atoms with van der Waals surface area (Å²) >= 11 is 0. The maximum absolute atomic E-state index is 12.6. The lowest BCUT2D eigenvalue weighted by molar-refractivity contribution is -0.384. The molecule has 0 aliphatic carbocycles. The molecule has 1 aromatic rings. The largest absolute Gasteiger partial charge is 0.366 e. The van der Waals surface area contributed by atoms with Crippen LogP contribution in [-0.2, 0) is 9.84 Å². The van der Waals surface area contributed by atoms with Crippen molar-refractivity contribution in [2.75, 3.05) is 36.5 Å². The van der Waals surface area contributed by atoms with Gasteiger partial charge in [0.1, 0.15) is 5.69 Å². The molecule has 0 aromatic heterocycles. The summed E-state index contributed by atoms with van der Waals surface area (Å²) in [6, 6.07) is 4.13. The normalized spacial score (nSPS) is 22.1. The van der Waals surface area contributed by atoms with Crippen LogP contribution < -0.4 is 4.90 Å². The van der Waals surface area contributed by atoms with Crippen molar-refractivity contribution < 1.29 is 18.1 Å². The van der Waals surface area contributed by atoms with Gasteiger partial charge in [0, 0.05) is 37.8 Å². The van der Waals surface area contributed by atoms with Crippen LogP contribution in [0.25, 0.3) is 0 Å². The Hall–Kier alpha value is -2.16. The summed E-state index contributed by atoms with van der Waals surface area (Å²) in [7, 11) is -1.55. The maximum Gasteiger partial charge on any atom is 0.293 e. The molecule has 2 aliphatic heterocycles. The number of carbonyl (C=O) groups is 1. The van der Waals surface area contributed by atoms with Gasteiger partial charge in [0.2, 0.25) is 0 Å². The summed E-state index contributed by atoms with van der Waals surface area (Å²) in [5.74, 6) is -0.370.